The minimum absolute atomic E-state index is 0.267. The molecule has 0 aliphatic heterocycles. The lowest BCUT2D eigenvalue weighted by atomic mass is 10.2. The molecule has 106 valence electrons. The summed E-state index contributed by atoms with van der Waals surface area (Å²) in [4.78, 5) is 16.3. The van der Waals surface area contributed by atoms with Crippen molar-refractivity contribution >= 4 is 11.6 Å². The topological polar surface area (TPSA) is 68.3 Å². The standard InChI is InChI=1S/C16H14N2O3/c1-10-11(2)21-16(17-10)12-5-3-6-13(9-12)18-15(19)14-7-4-8-20-14/h3-9H,1-2H3,(H,18,19). The van der Waals surface area contributed by atoms with Gasteiger partial charge in [0.25, 0.3) is 5.91 Å². The zero-order valence-electron chi connectivity index (χ0n) is 11.7. The van der Waals surface area contributed by atoms with Gasteiger partial charge in [-0.05, 0) is 44.2 Å². The fraction of sp³-hybridized carbons (Fsp3) is 0.125. The minimum Gasteiger partial charge on any atom is -0.459 e. The minimum atomic E-state index is -0.295. The summed E-state index contributed by atoms with van der Waals surface area (Å²) in [5.74, 6) is 1.30. The molecule has 0 unspecified atom stereocenters. The summed E-state index contributed by atoms with van der Waals surface area (Å²) in [7, 11) is 0. The van der Waals surface area contributed by atoms with Crippen LogP contribution in [0.4, 0.5) is 5.69 Å². The highest BCUT2D eigenvalue weighted by Gasteiger charge is 2.11. The lowest BCUT2D eigenvalue weighted by molar-refractivity contribution is 0.0996. The summed E-state index contributed by atoms with van der Waals surface area (Å²) < 4.78 is 10.6. The van der Waals surface area contributed by atoms with E-state index in [1.807, 2.05) is 32.0 Å². The van der Waals surface area contributed by atoms with Gasteiger partial charge in [0.05, 0.1) is 12.0 Å². The van der Waals surface area contributed by atoms with E-state index in [4.69, 9.17) is 8.83 Å². The second-order valence-corrected chi connectivity index (χ2v) is 4.67. The third kappa shape index (κ3) is 2.72. The van der Waals surface area contributed by atoms with E-state index in [1.165, 1.54) is 6.26 Å². The smallest absolute Gasteiger partial charge is 0.291 e. The summed E-state index contributed by atoms with van der Waals surface area (Å²) in [6.45, 7) is 3.76. The lowest BCUT2D eigenvalue weighted by Gasteiger charge is -2.04. The van der Waals surface area contributed by atoms with Gasteiger partial charge >= 0.3 is 0 Å². The number of nitrogens with zero attached hydrogens (tertiary/aromatic N) is 1. The van der Waals surface area contributed by atoms with Crippen molar-refractivity contribution in [1.82, 2.24) is 4.98 Å². The van der Waals surface area contributed by atoms with Crippen LogP contribution in [0.1, 0.15) is 22.0 Å². The van der Waals surface area contributed by atoms with E-state index in [0.717, 1.165) is 17.0 Å². The fourth-order valence-electron chi connectivity index (χ4n) is 1.93. The average Bonchev–Trinajstić information content (AvgIpc) is 3.10. The fourth-order valence-corrected chi connectivity index (χ4v) is 1.93. The summed E-state index contributed by atoms with van der Waals surface area (Å²) >= 11 is 0. The van der Waals surface area contributed by atoms with Crippen LogP contribution in [0.15, 0.2) is 51.5 Å². The van der Waals surface area contributed by atoms with Gasteiger partial charge in [-0.2, -0.15) is 0 Å². The maximum Gasteiger partial charge on any atom is 0.291 e. The number of rotatable bonds is 3. The van der Waals surface area contributed by atoms with Crippen LogP contribution in [0.2, 0.25) is 0 Å². The van der Waals surface area contributed by atoms with Gasteiger partial charge in [-0.15, -0.1) is 0 Å². The number of hydrogen-bond donors (Lipinski definition) is 1. The number of benzene rings is 1. The highest BCUT2D eigenvalue weighted by molar-refractivity contribution is 6.02. The molecule has 0 aliphatic carbocycles. The van der Waals surface area contributed by atoms with Gasteiger partial charge in [0.2, 0.25) is 5.89 Å². The van der Waals surface area contributed by atoms with Crippen molar-refractivity contribution in [3.05, 3.63) is 59.9 Å². The molecular formula is C16H14N2O3. The molecule has 0 fully saturated rings. The van der Waals surface area contributed by atoms with Crippen LogP contribution in [0.5, 0.6) is 0 Å². The number of aryl methyl sites for hydroxylation is 2. The molecule has 0 radical (unpaired) electrons. The molecule has 1 amide bonds. The maximum absolute atomic E-state index is 11.9. The molecule has 0 aliphatic rings. The Labute approximate surface area is 121 Å². The van der Waals surface area contributed by atoms with Gasteiger partial charge in [0.15, 0.2) is 5.76 Å². The van der Waals surface area contributed by atoms with E-state index in [2.05, 4.69) is 10.3 Å². The normalized spacial score (nSPS) is 10.6. The zero-order chi connectivity index (χ0) is 14.8. The van der Waals surface area contributed by atoms with E-state index in [9.17, 15) is 4.79 Å². The average molecular weight is 282 g/mol. The van der Waals surface area contributed by atoms with Crippen molar-refractivity contribution in [2.75, 3.05) is 5.32 Å². The van der Waals surface area contributed by atoms with E-state index < -0.39 is 0 Å². The first-order valence-corrected chi connectivity index (χ1v) is 6.53. The van der Waals surface area contributed by atoms with Gasteiger partial charge in [-0.25, -0.2) is 4.98 Å². The highest BCUT2D eigenvalue weighted by Crippen LogP contribution is 2.24. The van der Waals surface area contributed by atoms with Crippen molar-refractivity contribution in [3.8, 4) is 11.5 Å². The monoisotopic (exact) mass is 282 g/mol. The molecule has 0 spiro atoms. The molecule has 5 nitrogen and oxygen atoms in total. The van der Waals surface area contributed by atoms with Crippen LogP contribution in [0.3, 0.4) is 0 Å². The number of furan rings is 1. The van der Waals surface area contributed by atoms with E-state index in [0.29, 0.717) is 11.6 Å². The van der Waals surface area contributed by atoms with E-state index >= 15 is 0 Å². The molecule has 0 saturated carbocycles. The second-order valence-electron chi connectivity index (χ2n) is 4.67. The molecule has 3 aromatic rings. The van der Waals surface area contributed by atoms with E-state index in [1.54, 1.807) is 18.2 Å². The number of amides is 1. The Morgan fingerprint density at radius 2 is 2.05 bits per heavy atom. The van der Waals surface area contributed by atoms with Gasteiger partial charge < -0.3 is 14.2 Å². The Morgan fingerprint density at radius 3 is 2.71 bits per heavy atom. The molecular weight excluding hydrogens is 268 g/mol. The zero-order valence-corrected chi connectivity index (χ0v) is 11.7. The van der Waals surface area contributed by atoms with Crippen molar-refractivity contribution in [1.29, 1.82) is 0 Å². The Morgan fingerprint density at radius 1 is 1.19 bits per heavy atom. The molecule has 1 aromatic carbocycles. The van der Waals surface area contributed by atoms with Crippen molar-refractivity contribution in [2.24, 2.45) is 0 Å². The summed E-state index contributed by atoms with van der Waals surface area (Å²) in [5, 5.41) is 2.77. The number of aromatic nitrogens is 1. The molecule has 5 heteroatoms. The quantitative estimate of drug-likeness (QED) is 0.793. The van der Waals surface area contributed by atoms with Crippen molar-refractivity contribution < 1.29 is 13.6 Å². The number of carbonyl (C=O) groups is 1. The first kappa shape index (κ1) is 13.2. The number of oxazole rings is 1. The van der Waals surface area contributed by atoms with E-state index in [-0.39, 0.29) is 11.7 Å². The number of anilines is 1. The third-order valence-electron chi connectivity index (χ3n) is 3.14. The Kier molecular flexibility index (Phi) is 3.31. The molecule has 21 heavy (non-hydrogen) atoms. The van der Waals surface area contributed by atoms with Crippen LogP contribution in [0, 0.1) is 13.8 Å². The first-order chi connectivity index (χ1) is 10.1. The largest absolute Gasteiger partial charge is 0.459 e. The molecule has 1 N–H and O–H groups in total. The molecule has 2 heterocycles. The maximum atomic E-state index is 11.9. The van der Waals surface area contributed by atoms with Crippen molar-refractivity contribution in [3.63, 3.8) is 0 Å². The lowest BCUT2D eigenvalue weighted by Crippen LogP contribution is -2.10. The summed E-state index contributed by atoms with van der Waals surface area (Å²) in [6.07, 6.45) is 1.46. The molecule has 2 aromatic heterocycles. The molecule has 0 bridgehead atoms. The molecule has 0 saturated heterocycles. The first-order valence-electron chi connectivity index (χ1n) is 6.53. The molecule has 0 atom stereocenters. The highest BCUT2D eigenvalue weighted by atomic mass is 16.4. The van der Waals surface area contributed by atoms with Gasteiger partial charge in [-0.3, -0.25) is 4.79 Å². The second kappa shape index (κ2) is 5.28. The van der Waals surface area contributed by atoms with Crippen LogP contribution in [-0.2, 0) is 0 Å². The van der Waals surface area contributed by atoms with Gasteiger partial charge in [-0.1, -0.05) is 6.07 Å². The van der Waals surface area contributed by atoms with Crippen LogP contribution < -0.4 is 5.32 Å². The van der Waals surface area contributed by atoms with Crippen LogP contribution in [-0.4, -0.2) is 10.9 Å². The number of carbonyl (C=O) groups excluding carboxylic acids is 1. The van der Waals surface area contributed by atoms with Crippen LogP contribution in [0.25, 0.3) is 11.5 Å². The Hall–Kier alpha value is -2.82. The number of hydrogen-bond acceptors (Lipinski definition) is 4. The Bertz CT molecular complexity index is 753. The van der Waals surface area contributed by atoms with Crippen molar-refractivity contribution in [2.45, 2.75) is 13.8 Å². The van der Waals surface area contributed by atoms with Gasteiger partial charge in [0.1, 0.15) is 5.76 Å². The SMILES string of the molecule is Cc1nc(-c2cccc(NC(=O)c3ccco3)c2)oc1C. The Balaban J connectivity index is 1.85. The third-order valence-corrected chi connectivity index (χ3v) is 3.14. The van der Waals surface area contributed by atoms with Crippen LogP contribution >= 0.6 is 0 Å². The van der Waals surface area contributed by atoms with Gasteiger partial charge in [0, 0.05) is 11.3 Å². The predicted molar refractivity (Wildman–Crippen MR) is 78.1 cm³/mol. The summed E-state index contributed by atoms with van der Waals surface area (Å²) in [6, 6.07) is 10.6. The predicted octanol–water partition coefficient (Wildman–Crippen LogP) is 3.80. The summed E-state index contributed by atoms with van der Waals surface area (Å²) in [5.41, 5.74) is 2.32. The number of nitrogens with one attached hydrogen (secondary N) is 1. The molecule has 3 rings (SSSR count).